The molecule has 0 radical (unpaired) electrons. The summed E-state index contributed by atoms with van der Waals surface area (Å²) in [6, 6.07) is 11.9. The summed E-state index contributed by atoms with van der Waals surface area (Å²) in [4.78, 5) is 0. The van der Waals surface area contributed by atoms with Gasteiger partial charge in [-0.1, -0.05) is 23.7 Å². The molecule has 3 rings (SSSR count). The molecule has 0 fully saturated rings. The first-order valence-electron chi connectivity index (χ1n) is 6.17. The number of nitrogens with one attached hydrogen (secondary N) is 1. The van der Waals surface area contributed by atoms with E-state index in [1.54, 1.807) is 6.07 Å². The third-order valence-electron chi connectivity index (χ3n) is 3.51. The molecule has 4 heteroatoms. The van der Waals surface area contributed by atoms with E-state index in [-0.39, 0.29) is 6.04 Å². The average molecular weight is 386 g/mol. The van der Waals surface area contributed by atoms with Gasteiger partial charge in [0.15, 0.2) is 0 Å². The molecular formula is C15H13ClINO. The summed E-state index contributed by atoms with van der Waals surface area (Å²) in [5.74, 6) is 0.410. The number of anilines is 1. The van der Waals surface area contributed by atoms with Gasteiger partial charge in [-0.2, -0.15) is 0 Å². The summed E-state index contributed by atoms with van der Waals surface area (Å²) in [5, 5.41) is 14.2. The minimum absolute atomic E-state index is 0.261. The van der Waals surface area contributed by atoms with Crippen LogP contribution in [-0.2, 0) is 6.42 Å². The molecule has 0 spiro atoms. The van der Waals surface area contributed by atoms with E-state index in [0.717, 1.165) is 32.7 Å². The predicted molar refractivity (Wildman–Crippen MR) is 87.0 cm³/mol. The van der Waals surface area contributed by atoms with Gasteiger partial charge in [-0.25, -0.2) is 0 Å². The number of hydrogen-bond acceptors (Lipinski definition) is 2. The maximum absolute atomic E-state index is 9.86. The van der Waals surface area contributed by atoms with Crippen molar-refractivity contribution < 1.29 is 5.11 Å². The molecule has 98 valence electrons. The second-order valence-corrected chi connectivity index (χ2v) is 6.30. The third kappa shape index (κ3) is 2.54. The molecule has 2 nitrogen and oxygen atoms in total. The first-order chi connectivity index (χ1) is 9.15. The van der Waals surface area contributed by atoms with E-state index in [1.807, 2.05) is 24.3 Å². The van der Waals surface area contributed by atoms with E-state index in [4.69, 9.17) is 11.6 Å². The third-order valence-corrected chi connectivity index (χ3v) is 4.63. The molecule has 0 aliphatic heterocycles. The molecule has 2 N–H and O–H groups in total. The molecule has 1 aliphatic rings. The zero-order chi connectivity index (χ0) is 13.4. The lowest BCUT2D eigenvalue weighted by Crippen LogP contribution is -2.08. The van der Waals surface area contributed by atoms with Gasteiger partial charge in [-0.3, -0.25) is 0 Å². The summed E-state index contributed by atoms with van der Waals surface area (Å²) in [6.45, 7) is 0. The van der Waals surface area contributed by atoms with Gasteiger partial charge in [0.2, 0.25) is 0 Å². The van der Waals surface area contributed by atoms with Crippen LogP contribution in [0.5, 0.6) is 5.75 Å². The summed E-state index contributed by atoms with van der Waals surface area (Å²) in [6.07, 6.45) is 1.93. The maximum atomic E-state index is 9.86. The number of phenolic OH excluding ortho intramolecular Hbond substituents is 1. The van der Waals surface area contributed by atoms with Crippen LogP contribution in [0.4, 0.5) is 5.69 Å². The molecule has 0 amide bonds. The second kappa shape index (κ2) is 5.21. The SMILES string of the molecule is Oc1cccc2c1CCC2Nc1ccc(Cl)cc1I. The largest absolute Gasteiger partial charge is 0.508 e. The lowest BCUT2D eigenvalue weighted by atomic mass is 10.1. The number of hydrogen-bond donors (Lipinski definition) is 2. The second-order valence-electron chi connectivity index (χ2n) is 4.70. The Morgan fingerprint density at radius 2 is 2.11 bits per heavy atom. The van der Waals surface area contributed by atoms with Crippen molar-refractivity contribution in [2.45, 2.75) is 18.9 Å². The number of rotatable bonds is 2. The Morgan fingerprint density at radius 1 is 1.26 bits per heavy atom. The van der Waals surface area contributed by atoms with Crippen molar-refractivity contribution in [2.75, 3.05) is 5.32 Å². The number of halogens is 2. The van der Waals surface area contributed by atoms with Crippen molar-refractivity contribution in [3.8, 4) is 5.75 Å². The monoisotopic (exact) mass is 385 g/mol. The fourth-order valence-electron chi connectivity index (χ4n) is 2.58. The van der Waals surface area contributed by atoms with E-state index in [0.29, 0.717) is 5.75 Å². The van der Waals surface area contributed by atoms with Gasteiger partial charge in [-0.15, -0.1) is 0 Å². The molecule has 19 heavy (non-hydrogen) atoms. The van der Waals surface area contributed by atoms with E-state index < -0.39 is 0 Å². The highest BCUT2D eigenvalue weighted by Crippen LogP contribution is 2.39. The number of phenols is 1. The van der Waals surface area contributed by atoms with Gasteiger partial charge in [0.1, 0.15) is 5.75 Å². The van der Waals surface area contributed by atoms with Crippen molar-refractivity contribution in [3.63, 3.8) is 0 Å². The highest BCUT2D eigenvalue weighted by atomic mass is 127. The van der Waals surface area contributed by atoms with Crippen LogP contribution in [0.3, 0.4) is 0 Å². The van der Waals surface area contributed by atoms with Crippen molar-refractivity contribution in [1.82, 2.24) is 0 Å². The minimum Gasteiger partial charge on any atom is -0.508 e. The van der Waals surface area contributed by atoms with E-state index in [9.17, 15) is 5.11 Å². The smallest absolute Gasteiger partial charge is 0.119 e. The summed E-state index contributed by atoms with van der Waals surface area (Å²) in [7, 11) is 0. The van der Waals surface area contributed by atoms with E-state index in [1.165, 1.54) is 5.56 Å². The quantitative estimate of drug-likeness (QED) is 0.731. The fraction of sp³-hybridized carbons (Fsp3) is 0.200. The van der Waals surface area contributed by atoms with Crippen LogP contribution in [0.1, 0.15) is 23.6 Å². The van der Waals surface area contributed by atoms with Crippen LogP contribution in [0, 0.1) is 3.57 Å². The molecule has 0 saturated heterocycles. The Morgan fingerprint density at radius 3 is 2.89 bits per heavy atom. The molecule has 1 unspecified atom stereocenters. The molecule has 0 bridgehead atoms. The Kier molecular flexibility index (Phi) is 3.58. The lowest BCUT2D eigenvalue weighted by molar-refractivity contribution is 0.469. The van der Waals surface area contributed by atoms with Gasteiger partial charge in [-0.05, 0) is 70.8 Å². The standard InChI is InChI=1S/C15H13ClINO/c16-9-4-6-14(12(17)8-9)18-13-7-5-11-10(13)2-1-3-15(11)19/h1-4,6,8,13,18-19H,5,7H2. The number of fused-ring (bicyclic) bond motifs is 1. The highest BCUT2D eigenvalue weighted by molar-refractivity contribution is 14.1. The number of aromatic hydroxyl groups is 1. The topological polar surface area (TPSA) is 32.3 Å². The first kappa shape index (κ1) is 13.1. The maximum Gasteiger partial charge on any atom is 0.119 e. The Hall–Kier alpha value is -0.940. The van der Waals surface area contributed by atoms with Gasteiger partial charge in [0.25, 0.3) is 0 Å². The van der Waals surface area contributed by atoms with Crippen LogP contribution >= 0.6 is 34.2 Å². The van der Waals surface area contributed by atoms with E-state index in [2.05, 4.69) is 34.0 Å². The number of benzene rings is 2. The molecule has 2 aromatic rings. The van der Waals surface area contributed by atoms with Gasteiger partial charge in [0.05, 0.1) is 6.04 Å². The Labute approximate surface area is 130 Å². The molecule has 1 aliphatic carbocycles. The fourth-order valence-corrected chi connectivity index (χ4v) is 3.61. The van der Waals surface area contributed by atoms with Crippen LogP contribution in [0.15, 0.2) is 36.4 Å². The zero-order valence-corrected chi connectivity index (χ0v) is 13.1. The molecule has 1 atom stereocenters. The molecule has 2 aromatic carbocycles. The van der Waals surface area contributed by atoms with Gasteiger partial charge < -0.3 is 10.4 Å². The molecular weight excluding hydrogens is 373 g/mol. The molecule has 0 heterocycles. The molecule has 0 saturated carbocycles. The Balaban J connectivity index is 1.89. The normalized spacial score (nSPS) is 17.3. The van der Waals surface area contributed by atoms with Gasteiger partial charge in [0, 0.05) is 14.3 Å². The minimum atomic E-state index is 0.261. The van der Waals surface area contributed by atoms with Crippen molar-refractivity contribution in [2.24, 2.45) is 0 Å². The zero-order valence-electron chi connectivity index (χ0n) is 10.2. The average Bonchev–Trinajstić information content (AvgIpc) is 2.78. The Bertz CT molecular complexity index is 630. The van der Waals surface area contributed by atoms with Crippen LogP contribution in [0.25, 0.3) is 0 Å². The summed E-state index contributed by atoms with van der Waals surface area (Å²) in [5.41, 5.74) is 3.36. The lowest BCUT2D eigenvalue weighted by Gasteiger charge is -2.17. The van der Waals surface area contributed by atoms with Crippen LogP contribution < -0.4 is 5.32 Å². The van der Waals surface area contributed by atoms with Gasteiger partial charge >= 0.3 is 0 Å². The first-order valence-corrected chi connectivity index (χ1v) is 7.63. The van der Waals surface area contributed by atoms with Crippen LogP contribution in [-0.4, -0.2) is 5.11 Å². The predicted octanol–water partition coefficient (Wildman–Crippen LogP) is 4.75. The van der Waals surface area contributed by atoms with Crippen molar-refractivity contribution in [3.05, 3.63) is 56.1 Å². The molecule has 0 aromatic heterocycles. The van der Waals surface area contributed by atoms with Crippen molar-refractivity contribution in [1.29, 1.82) is 0 Å². The van der Waals surface area contributed by atoms with E-state index >= 15 is 0 Å². The summed E-state index contributed by atoms with van der Waals surface area (Å²) < 4.78 is 1.11. The van der Waals surface area contributed by atoms with Crippen LogP contribution in [0.2, 0.25) is 5.02 Å². The van der Waals surface area contributed by atoms with Crippen molar-refractivity contribution >= 4 is 39.9 Å². The summed E-state index contributed by atoms with van der Waals surface area (Å²) >= 11 is 8.25. The highest BCUT2D eigenvalue weighted by Gasteiger charge is 2.24.